The molecule has 66 valence electrons. The van der Waals surface area contributed by atoms with Crippen LogP contribution in [0.3, 0.4) is 0 Å². The third-order valence-electron chi connectivity index (χ3n) is 1.54. The third kappa shape index (κ3) is 17.7. The average molecular weight is 156 g/mol. The SMILES string of the molecule is C[C]=O.[CH2]C(CC)CCCC. The monoisotopic (exact) mass is 156 g/mol. The van der Waals surface area contributed by atoms with Gasteiger partial charge in [-0.2, -0.15) is 0 Å². The van der Waals surface area contributed by atoms with Crippen LogP contribution in [-0.2, 0) is 4.79 Å². The molecule has 11 heavy (non-hydrogen) atoms. The summed E-state index contributed by atoms with van der Waals surface area (Å²) in [5, 5.41) is 0. The van der Waals surface area contributed by atoms with Crippen molar-refractivity contribution >= 4 is 6.29 Å². The summed E-state index contributed by atoms with van der Waals surface area (Å²) in [7, 11) is 0. The van der Waals surface area contributed by atoms with E-state index >= 15 is 0 Å². The van der Waals surface area contributed by atoms with Gasteiger partial charge in [-0.3, -0.25) is 4.79 Å². The minimum atomic E-state index is 0.704. The maximum atomic E-state index is 8.68. The van der Waals surface area contributed by atoms with Crippen molar-refractivity contribution in [1.82, 2.24) is 0 Å². The highest BCUT2D eigenvalue weighted by Crippen LogP contribution is 2.09. The Hall–Kier alpha value is -0.330. The molecular formula is C10H20O. The number of hydrogen-bond donors (Lipinski definition) is 0. The molecule has 0 aliphatic heterocycles. The molecule has 0 bridgehead atoms. The van der Waals surface area contributed by atoms with Gasteiger partial charge in [0.15, 0.2) is 6.29 Å². The van der Waals surface area contributed by atoms with Crippen molar-refractivity contribution in [3.05, 3.63) is 6.92 Å². The molecule has 0 aliphatic carbocycles. The van der Waals surface area contributed by atoms with E-state index in [4.69, 9.17) is 4.79 Å². The molecule has 0 aromatic carbocycles. The minimum absolute atomic E-state index is 0.704. The predicted molar refractivity (Wildman–Crippen MR) is 50.0 cm³/mol. The first-order valence-corrected chi connectivity index (χ1v) is 4.34. The van der Waals surface area contributed by atoms with Gasteiger partial charge in [0.2, 0.25) is 0 Å². The van der Waals surface area contributed by atoms with E-state index in [2.05, 4.69) is 20.8 Å². The first-order valence-electron chi connectivity index (χ1n) is 4.34. The zero-order valence-corrected chi connectivity index (χ0v) is 8.02. The summed E-state index contributed by atoms with van der Waals surface area (Å²) < 4.78 is 0. The van der Waals surface area contributed by atoms with Crippen molar-refractivity contribution in [3.63, 3.8) is 0 Å². The van der Waals surface area contributed by atoms with E-state index in [1.165, 1.54) is 38.9 Å². The van der Waals surface area contributed by atoms with Crippen LogP contribution in [0, 0.1) is 12.8 Å². The van der Waals surface area contributed by atoms with Crippen LogP contribution in [0.4, 0.5) is 0 Å². The highest BCUT2D eigenvalue weighted by atomic mass is 16.1. The standard InChI is InChI=1S/C8H17.C2H3O/c1-4-6-7-8(3)5-2;1-2-3/h8H,3-7H2,1-2H3;1H3. The molecule has 0 fully saturated rings. The molecule has 0 aromatic rings. The minimum Gasteiger partial charge on any atom is -0.291 e. The Morgan fingerprint density at radius 1 is 1.45 bits per heavy atom. The molecule has 0 spiro atoms. The average Bonchev–Trinajstić information content (AvgIpc) is 2.02. The second-order valence-corrected chi connectivity index (χ2v) is 2.62. The zero-order valence-electron chi connectivity index (χ0n) is 8.02. The van der Waals surface area contributed by atoms with Gasteiger partial charge >= 0.3 is 0 Å². The van der Waals surface area contributed by atoms with Crippen LogP contribution in [0.15, 0.2) is 0 Å². The molecule has 0 N–H and O–H groups in total. The van der Waals surface area contributed by atoms with Crippen LogP contribution in [0.5, 0.6) is 0 Å². The van der Waals surface area contributed by atoms with Crippen molar-refractivity contribution in [2.45, 2.75) is 46.5 Å². The van der Waals surface area contributed by atoms with E-state index in [0.29, 0.717) is 5.92 Å². The van der Waals surface area contributed by atoms with Gasteiger partial charge in [0.05, 0.1) is 0 Å². The Morgan fingerprint density at radius 2 is 1.91 bits per heavy atom. The maximum absolute atomic E-state index is 8.68. The fraction of sp³-hybridized carbons (Fsp3) is 0.800. The topological polar surface area (TPSA) is 17.1 Å². The first-order chi connectivity index (χ1) is 5.22. The van der Waals surface area contributed by atoms with Gasteiger partial charge in [-0.25, -0.2) is 0 Å². The van der Waals surface area contributed by atoms with Gasteiger partial charge in [-0.1, -0.05) is 46.5 Å². The molecule has 0 saturated carbocycles. The highest BCUT2D eigenvalue weighted by Gasteiger charge is 1.94. The number of rotatable bonds is 4. The van der Waals surface area contributed by atoms with Gasteiger partial charge in [0.25, 0.3) is 0 Å². The summed E-state index contributed by atoms with van der Waals surface area (Å²) in [6, 6.07) is 0. The maximum Gasteiger partial charge on any atom is 0.195 e. The number of carbonyl (C=O) groups excluding carboxylic acids is 1. The van der Waals surface area contributed by atoms with Gasteiger partial charge in [0.1, 0.15) is 0 Å². The first kappa shape index (κ1) is 13.3. The Bertz CT molecular complexity index is 69.3. The Balaban J connectivity index is 0. The lowest BCUT2D eigenvalue weighted by Gasteiger charge is -2.04. The van der Waals surface area contributed by atoms with Crippen LogP contribution < -0.4 is 0 Å². The lowest BCUT2D eigenvalue weighted by molar-refractivity contribution is 0.537. The van der Waals surface area contributed by atoms with Crippen molar-refractivity contribution in [3.8, 4) is 0 Å². The third-order valence-corrected chi connectivity index (χ3v) is 1.54. The fourth-order valence-electron chi connectivity index (χ4n) is 0.697. The van der Waals surface area contributed by atoms with E-state index < -0.39 is 0 Å². The van der Waals surface area contributed by atoms with E-state index in [9.17, 15) is 0 Å². The lowest BCUT2D eigenvalue weighted by Crippen LogP contribution is -1.90. The fourth-order valence-corrected chi connectivity index (χ4v) is 0.697. The largest absolute Gasteiger partial charge is 0.291 e. The second kappa shape index (κ2) is 12.4. The normalized spacial score (nSPS) is 11.3. The molecule has 0 aromatic heterocycles. The molecule has 0 aliphatic rings. The molecule has 0 amide bonds. The smallest absolute Gasteiger partial charge is 0.195 e. The molecule has 1 atom stereocenters. The van der Waals surface area contributed by atoms with Crippen LogP contribution in [0.1, 0.15) is 46.5 Å². The summed E-state index contributed by atoms with van der Waals surface area (Å²) in [4.78, 5) is 8.68. The Labute approximate surface area is 71.2 Å². The summed E-state index contributed by atoms with van der Waals surface area (Å²) >= 11 is 0. The van der Waals surface area contributed by atoms with Gasteiger partial charge < -0.3 is 0 Å². The van der Waals surface area contributed by atoms with Gasteiger partial charge in [-0.05, 0) is 5.92 Å². The van der Waals surface area contributed by atoms with Crippen LogP contribution in [-0.4, -0.2) is 6.29 Å². The van der Waals surface area contributed by atoms with E-state index in [0.717, 1.165) is 0 Å². The second-order valence-electron chi connectivity index (χ2n) is 2.62. The summed E-state index contributed by atoms with van der Waals surface area (Å²) in [5.41, 5.74) is 0. The lowest BCUT2D eigenvalue weighted by atomic mass is 10.0. The van der Waals surface area contributed by atoms with Crippen LogP contribution in [0.25, 0.3) is 0 Å². The molecular weight excluding hydrogens is 136 g/mol. The molecule has 1 unspecified atom stereocenters. The summed E-state index contributed by atoms with van der Waals surface area (Å²) in [5.74, 6) is 0.704. The van der Waals surface area contributed by atoms with Gasteiger partial charge in [-0.15, -0.1) is 0 Å². The summed E-state index contributed by atoms with van der Waals surface area (Å²) in [6.45, 7) is 9.74. The molecule has 1 nitrogen and oxygen atoms in total. The van der Waals surface area contributed by atoms with Crippen LogP contribution >= 0.6 is 0 Å². The molecule has 0 saturated heterocycles. The molecule has 2 radical (unpaired) electrons. The zero-order chi connectivity index (χ0) is 9.11. The predicted octanol–water partition coefficient (Wildman–Crippen LogP) is 3.15. The quantitative estimate of drug-likeness (QED) is 0.611. The Kier molecular flexibility index (Phi) is 14.9. The summed E-state index contributed by atoms with van der Waals surface area (Å²) in [6.07, 6.45) is 6.71. The van der Waals surface area contributed by atoms with Crippen molar-refractivity contribution < 1.29 is 4.79 Å². The number of hydrogen-bond acceptors (Lipinski definition) is 1. The van der Waals surface area contributed by atoms with Crippen molar-refractivity contribution in [2.75, 3.05) is 0 Å². The van der Waals surface area contributed by atoms with Crippen molar-refractivity contribution in [2.24, 2.45) is 5.92 Å². The van der Waals surface area contributed by atoms with Crippen molar-refractivity contribution in [1.29, 1.82) is 0 Å². The van der Waals surface area contributed by atoms with Crippen LogP contribution in [0.2, 0.25) is 0 Å². The van der Waals surface area contributed by atoms with E-state index in [1.807, 2.05) is 0 Å². The molecule has 0 heterocycles. The van der Waals surface area contributed by atoms with E-state index in [-0.39, 0.29) is 0 Å². The molecule has 0 rings (SSSR count). The Morgan fingerprint density at radius 3 is 2.18 bits per heavy atom. The highest BCUT2D eigenvalue weighted by molar-refractivity contribution is 5.45. The molecule has 1 heteroatoms. The van der Waals surface area contributed by atoms with E-state index in [1.54, 1.807) is 0 Å². The number of unbranched alkanes of at least 4 members (excludes halogenated alkanes) is 1. The van der Waals surface area contributed by atoms with Gasteiger partial charge in [0, 0.05) is 6.92 Å².